The summed E-state index contributed by atoms with van der Waals surface area (Å²) in [6, 6.07) is 4.05. The fraction of sp³-hybridized carbons (Fsp3) is 0.643. The Balaban J connectivity index is 1.72. The molecule has 2 heterocycles. The Hall–Kier alpha value is -0.910. The first-order chi connectivity index (χ1) is 9.24. The van der Waals surface area contributed by atoms with E-state index in [2.05, 4.69) is 5.32 Å². The largest absolute Gasteiger partial charge is 0.396 e. The number of nitrogens with one attached hydrogen (secondary N) is 1. The molecule has 1 aliphatic heterocycles. The molecule has 5 heteroatoms. The summed E-state index contributed by atoms with van der Waals surface area (Å²) in [4.78, 5) is 13.1. The van der Waals surface area contributed by atoms with E-state index in [1.54, 1.807) is 11.3 Å². The SMILES string of the molecule is O=C(CCc1cccs1)NCC1(CO)CCOCC1. The van der Waals surface area contributed by atoms with Gasteiger partial charge in [0.25, 0.3) is 0 Å². The average Bonchev–Trinajstić information content (AvgIpc) is 2.97. The molecule has 0 atom stereocenters. The quantitative estimate of drug-likeness (QED) is 0.833. The molecule has 0 radical (unpaired) electrons. The zero-order valence-corrected chi connectivity index (χ0v) is 11.9. The van der Waals surface area contributed by atoms with Crippen LogP contribution in [0.2, 0.25) is 0 Å². The molecule has 1 saturated heterocycles. The number of thiophene rings is 1. The van der Waals surface area contributed by atoms with Gasteiger partial charge in [-0.25, -0.2) is 0 Å². The number of carbonyl (C=O) groups is 1. The Bertz CT molecular complexity index is 385. The highest BCUT2D eigenvalue weighted by Crippen LogP contribution is 2.28. The van der Waals surface area contributed by atoms with Gasteiger partial charge in [0.05, 0.1) is 6.61 Å². The molecule has 1 aromatic rings. The Kier molecular flexibility index (Phi) is 5.36. The third-order valence-electron chi connectivity index (χ3n) is 3.73. The monoisotopic (exact) mass is 283 g/mol. The maximum absolute atomic E-state index is 11.8. The second-order valence-corrected chi connectivity index (χ2v) is 6.16. The second kappa shape index (κ2) is 7.03. The minimum atomic E-state index is -0.184. The molecule has 2 N–H and O–H groups in total. The van der Waals surface area contributed by atoms with Crippen LogP contribution in [-0.4, -0.2) is 37.4 Å². The predicted octanol–water partition coefficient (Wildman–Crippen LogP) is 1.59. The maximum Gasteiger partial charge on any atom is 0.220 e. The second-order valence-electron chi connectivity index (χ2n) is 5.13. The van der Waals surface area contributed by atoms with Gasteiger partial charge in [-0.05, 0) is 30.7 Å². The summed E-state index contributed by atoms with van der Waals surface area (Å²) >= 11 is 1.68. The van der Waals surface area contributed by atoms with Gasteiger partial charge in [0.15, 0.2) is 0 Å². The molecule has 1 aliphatic rings. The molecule has 106 valence electrons. The minimum absolute atomic E-state index is 0.0627. The van der Waals surface area contributed by atoms with E-state index in [0.29, 0.717) is 26.2 Å². The van der Waals surface area contributed by atoms with Gasteiger partial charge in [-0.15, -0.1) is 11.3 Å². The van der Waals surface area contributed by atoms with Crippen molar-refractivity contribution in [3.8, 4) is 0 Å². The molecule has 2 rings (SSSR count). The van der Waals surface area contributed by atoms with Crippen LogP contribution >= 0.6 is 11.3 Å². The standard InChI is InChI=1S/C14H21NO3S/c16-11-14(5-7-18-8-6-14)10-15-13(17)4-3-12-2-1-9-19-12/h1-2,9,16H,3-8,10-11H2,(H,15,17). The first kappa shape index (κ1) is 14.5. The summed E-state index contributed by atoms with van der Waals surface area (Å²) in [5.74, 6) is 0.0627. The van der Waals surface area contributed by atoms with E-state index < -0.39 is 0 Å². The van der Waals surface area contributed by atoms with Gasteiger partial charge < -0.3 is 15.2 Å². The predicted molar refractivity (Wildman–Crippen MR) is 75.2 cm³/mol. The summed E-state index contributed by atoms with van der Waals surface area (Å²) in [6.45, 7) is 2.01. The molecule has 0 bridgehead atoms. The van der Waals surface area contributed by atoms with Crippen molar-refractivity contribution in [2.45, 2.75) is 25.7 Å². The summed E-state index contributed by atoms with van der Waals surface area (Å²) in [5.41, 5.74) is -0.184. The molecule has 0 spiro atoms. The Morgan fingerprint density at radius 2 is 2.26 bits per heavy atom. The first-order valence-electron chi connectivity index (χ1n) is 6.72. The molecule has 1 amide bonds. The lowest BCUT2D eigenvalue weighted by Gasteiger charge is -2.35. The highest BCUT2D eigenvalue weighted by Gasteiger charge is 2.32. The average molecular weight is 283 g/mol. The molecule has 4 nitrogen and oxygen atoms in total. The van der Waals surface area contributed by atoms with Crippen molar-refractivity contribution in [3.05, 3.63) is 22.4 Å². The number of carbonyl (C=O) groups excluding carboxylic acids is 1. The maximum atomic E-state index is 11.8. The zero-order valence-electron chi connectivity index (χ0n) is 11.1. The number of rotatable bonds is 6. The van der Waals surface area contributed by atoms with Crippen LogP contribution in [0.1, 0.15) is 24.1 Å². The topological polar surface area (TPSA) is 58.6 Å². The summed E-state index contributed by atoms with van der Waals surface area (Å²) in [7, 11) is 0. The van der Waals surface area contributed by atoms with E-state index in [-0.39, 0.29) is 17.9 Å². The number of amides is 1. The fourth-order valence-corrected chi connectivity index (χ4v) is 2.97. The van der Waals surface area contributed by atoms with Gasteiger partial charge in [0.2, 0.25) is 5.91 Å². The normalized spacial score (nSPS) is 18.2. The van der Waals surface area contributed by atoms with E-state index in [9.17, 15) is 9.90 Å². The first-order valence-corrected chi connectivity index (χ1v) is 7.60. The van der Waals surface area contributed by atoms with Crippen LogP contribution in [-0.2, 0) is 16.0 Å². The lowest BCUT2D eigenvalue weighted by atomic mass is 9.81. The lowest BCUT2D eigenvalue weighted by Crippen LogP contribution is -2.43. The highest BCUT2D eigenvalue weighted by atomic mass is 32.1. The third kappa shape index (κ3) is 4.30. The molecule has 1 fully saturated rings. The number of aryl methyl sites for hydroxylation is 1. The van der Waals surface area contributed by atoms with Crippen molar-refractivity contribution in [1.29, 1.82) is 0 Å². The molecule has 0 unspecified atom stereocenters. The summed E-state index contributed by atoms with van der Waals surface area (Å²) < 4.78 is 5.31. The molecule has 1 aromatic heterocycles. The molecule has 0 saturated carbocycles. The van der Waals surface area contributed by atoms with Gasteiger partial charge in [-0.3, -0.25) is 4.79 Å². The Morgan fingerprint density at radius 3 is 2.89 bits per heavy atom. The van der Waals surface area contributed by atoms with Gasteiger partial charge in [-0.2, -0.15) is 0 Å². The zero-order chi connectivity index (χ0) is 13.6. The van der Waals surface area contributed by atoms with Crippen molar-refractivity contribution < 1.29 is 14.6 Å². The Labute approximate surface area is 117 Å². The van der Waals surface area contributed by atoms with E-state index >= 15 is 0 Å². The smallest absolute Gasteiger partial charge is 0.220 e. The van der Waals surface area contributed by atoms with Crippen molar-refractivity contribution >= 4 is 17.2 Å². The molecular weight excluding hydrogens is 262 g/mol. The molecule has 19 heavy (non-hydrogen) atoms. The van der Waals surface area contributed by atoms with Gasteiger partial charge in [-0.1, -0.05) is 6.07 Å². The van der Waals surface area contributed by atoms with Crippen molar-refractivity contribution in [1.82, 2.24) is 5.32 Å². The van der Waals surface area contributed by atoms with E-state index in [0.717, 1.165) is 19.3 Å². The van der Waals surface area contributed by atoms with Crippen molar-refractivity contribution in [2.24, 2.45) is 5.41 Å². The number of aliphatic hydroxyl groups is 1. The van der Waals surface area contributed by atoms with Crippen LogP contribution in [0, 0.1) is 5.41 Å². The minimum Gasteiger partial charge on any atom is -0.396 e. The van der Waals surface area contributed by atoms with Gasteiger partial charge in [0, 0.05) is 36.5 Å². The summed E-state index contributed by atoms with van der Waals surface area (Å²) in [6.07, 6.45) is 2.93. The van der Waals surface area contributed by atoms with Crippen LogP contribution in [0.4, 0.5) is 0 Å². The number of aliphatic hydroxyl groups excluding tert-OH is 1. The number of ether oxygens (including phenoxy) is 1. The fourth-order valence-electron chi connectivity index (χ4n) is 2.26. The molecular formula is C14H21NO3S. The summed E-state index contributed by atoms with van der Waals surface area (Å²) in [5, 5.41) is 14.5. The van der Waals surface area contributed by atoms with E-state index in [4.69, 9.17) is 4.74 Å². The van der Waals surface area contributed by atoms with E-state index in [1.165, 1.54) is 4.88 Å². The van der Waals surface area contributed by atoms with Crippen molar-refractivity contribution in [2.75, 3.05) is 26.4 Å². The lowest BCUT2D eigenvalue weighted by molar-refractivity contribution is -0.122. The highest BCUT2D eigenvalue weighted by molar-refractivity contribution is 7.09. The van der Waals surface area contributed by atoms with E-state index in [1.807, 2.05) is 17.5 Å². The van der Waals surface area contributed by atoms with Crippen LogP contribution in [0.25, 0.3) is 0 Å². The Morgan fingerprint density at radius 1 is 1.47 bits per heavy atom. The van der Waals surface area contributed by atoms with Crippen LogP contribution in [0.3, 0.4) is 0 Å². The number of hydrogen-bond donors (Lipinski definition) is 2. The van der Waals surface area contributed by atoms with Crippen LogP contribution in [0.5, 0.6) is 0 Å². The number of hydrogen-bond acceptors (Lipinski definition) is 4. The van der Waals surface area contributed by atoms with Crippen LogP contribution < -0.4 is 5.32 Å². The van der Waals surface area contributed by atoms with Crippen LogP contribution in [0.15, 0.2) is 17.5 Å². The van der Waals surface area contributed by atoms with Gasteiger partial charge >= 0.3 is 0 Å². The molecule has 0 aliphatic carbocycles. The van der Waals surface area contributed by atoms with Gasteiger partial charge in [0.1, 0.15) is 0 Å². The molecule has 0 aromatic carbocycles. The van der Waals surface area contributed by atoms with Crippen molar-refractivity contribution in [3.63, 3.8) is 0 Å². The third-order valence-corrected chi connectivity index (χ3v) is 4.66.